The normalized spacial score (nSPS) is 23.6. The molecule has 0 aromatic heterocycles. The number of likely N-dealkylation sites (tertiary alicyclic amines) is 1. The Bertz CT molecular complexity index is 945. The summed E-state index contributed by atoms with van der Waals surface area (Å²) in [6.45, 7) is 6.28. The summed E-state index contributed by atoms with van der Waals surface area (Å²) in [5.41, 5.74) is -0.983. The summed E-state index contributed by atoms with van der Waals surface area (Å²) in [7, 11) is -2.92. The molecule has 1 atom stereocenters. The third kappa shape index (κ3) is 4.42. The van der Waals surface area contributed by atoms with Gasteiger partial charge in [-0.15, -0.1) is 0 Å². The maximum Gasteiger partial charge on any atom is 0.410 e. The van der Waals surface area contributed by atoms with Crippen LogP contribution in [0.4, 0.5) is 9.18 Å². The molecule has 1 aliphatic heterocycles. The molecule has 1 amide bonds. The molecular formula is C22H30FNO6S. The maximum absolute atomic E-state index is 13.5. The fraction of sp³-hybridized carbons (Fsp3) is 0.636. The van der Waals surface area contributed by atoms with Crippen molar-refractivity contribution in [2.24, 2.45) is 5.41 Å². The molecule has 1 unspecified atom stereocenters. The molecule has 1 saturated carbocycles. The molecule has 1 saturated heterocycles. The smallest absolute Gasteiger partial charge is 0.410 e. The Morgan fingerprint density at radius 1 is 1.03 bits per heavy atom. The molecule has 0 N–H and O–H groups in total. The van der Waals surface area contributed by atoms with Crippen molar-refractivity contribution in [3.05, 3.63) is 30.1 Å². The van der Waals surface area contributed by atoms with E-state index >= 15 is 0 Å². The number of hydrogen-bond acceptors (Lipinski definition) is 6. The number of amides is 1. The van der Waals surface area contributed by atoms with Gasteiger partial charge in [-0.2, -0.15) is 0 Å². The highest BCUT2D eigenvalue weighted by Gasteiger charge is 2.61. The van der Waals surface area contributed by atoms with Crippen LogP contribution in [0.25, 0.3) is 0 Å². The molecule has 31 heavy (non-hydrogen) atoms. The van der Waals surface area contributed by atoms with E-state index < -0.39 is 38.1 Å². The van der Waals surface area contributed by atoms with Crippen molar-refractivity contribution in [3.63, 3.8) is 0 Å². The molecule has 0 bridgehead atoms. The third-order valence-corrected chi connectivity index (χ3v) is 8.83. The molecule has 2 aliphatic rings. The number of rotatable bonds is 3. The summed E-state index contributed by atoms with van der Waals surface area (Å²) < 4.78 is 49.0. The average molecular weight is 456 g/mol. The summed E-state index contributed by atoms with van der Waals surface area (Å²) in [5, 5.41) is 0. The number of ether oxygens (including phenoxy) is 2. The van der Waals surface area contributed by atoms with Crippen molar-refractivity contribution in [1.82, 2.24) is 4.90 Å². The van der Waals surface area contributed by atoms with E-state index in [1.807, 2.05) is 0 Å². The molecule has 1 heterocycles. The van der Waals surface area contributed by atoms with E-state index in [2.05, 4.69) is 0 Å². The van der Waals surface area contributed by atoms with Gasteiger partial charge in [-0.25, -0.2) is 17.6 Å². The summed E-state index contributed by atoms with van der Waals surface area (Å²) >= 11 is 0. The zero-order valence-electron chi connectivity index (χ0n) is 18.4. The minimum absolute atomic E-state index is 0.0949. The average Bonchev–Trinajstić information content (AvgIpc) is 3.08. The van der Waals surface area contributed by atoms with Crippen LogP contribution in [-0.4, -0.2) is 55.9 Å². The molecule has 1 aliphatic carbocycles. The van der Waals surface area contributed by atoms with E-state index in [1.54, 1.807) is 25.7 Å². The van der Waals surface area contributed by atoms with Crippen molar-refractivity contribution in [3.8, 4) is 0 Å². The molecule has 172 valence electrons. The van der Waals surface area contributed by atoms with E-state index in [4.69, 9.17) is 9.47 Å². The molecule has 1 aromatic rings. The maximum atomic E-state index is 13.5. The van der Waals surface area contributed by atoms with Crippen molar-refractivity contribution >= 4 is 21.9 Å². The molecular weight excluding hydrogens is 425 g/mol. The molecule has 9 heteroatoms. The molecule has 3 rings (SSSR count). The lowest BCUT2D eigenvalue weighted by atomic mass is 9.76. The van der Waals surface area contributed by atoms with E-state index in [1.165, 1.54) is 19.2 Å². The summed E-state index contributed by atoms with van der Waals surface area (Å²) in [6.07, 6.45) is 1.54. The van der Waals surface area contributed by atoms with Crippen molar-refractivity contribution in [2.45, 2.75) is 68.1 Å². The van der Waals surface area contributed by atoms with Gasteiger partial charge in [-0.1, -0.05) is 0 Å². The molecule has 1 aromatic carbocycles. The number of hydrogen-bond donors (Lipinski definition) is 0. The number of piperidine rings is 1. The van der Waals surface area contributed by atoms with E-state index in [0.29, 0.717) is 32.4 Å². The Hall–Kier alpha value is -2.16. The second-order valence-electron chi connectivity index (χ2n) is 9.59. The second-order valence-corrected chi connectivity index (χ2v) is 11.8. The van der Waals surface area contributed by atoms with Gasteiger partial charge in [0.1, 0.15) is 11.4 Å². The zero-order valence-corrected chi connectivity index (χ0v) is 19.3. The molecule has 1 spiro atoms. The highest BCUT2D eigenvalue weighted by molar-refractivity contribution is 7.93. The Kier molecular flexibility index (Phi) is 6.12. The monoisotopic (exact) mass is 455 g/mol. The van der Waals surface area contributed by atoms with Gasteiger partial charge in [0.25, 0.3) is 0 Å². The minimum atomic E-state index is -4.10. The predicted octanol–water partition coefficient (Wildman–Crippen LogP) is 3.71. The van der Waals surface area contributed by atoms with Crippen LogP contribution in [0.3, 0.4) is 0 Å². The fourth-order valence-electron chi connectivity index (χ4n) is 4.71. The van der Waals surface area contributed by atoms with E-state index in [9.17, 15) is 22.4 Å². The predicted molar refractivity (Wildman–Crippen MR) is 112 cm³/mol. The van der Waals surface area contributed by atoms with E-state index in [0.717, 1.165) is 12.1 Å². The summed E-state index contributed by atoms with van der Waals surface area (Å²) in [5.74, 6) is -1.34. The number of methoxy groups -OCH3 is 1. The molecule has 0 radical (unpaired) electrons. The number of carbonyl (C=O) groups is 2. The summed E-state index contributed by atoms with van der Waals surface area (Å²) in [6, 6.07) is 4.51. The van der Waals surface area contributed by atoms with Crippen LogP contribution in [0, 0.1) is 11.2 Å². The fourth-order valence-corrected chi connectivity index (χ4v) is 6.82. The van der Waals surface area contributed by atoms with Crippen LogP contribution in [0.5, 0.6) is 0 Å². The Balaban J connectivity index is 1.83. The lowest BCUT2D eigenvalue weighted by Crippen LogP contribution is -2.48. The first-order valence-corrected chi connectivity index (χ1v) is 11.9. The van der Waals surface area contributed by atoms with Gasteiger partial charge in [-0.05, 0) is 82.6 Å². The number of nitrogens with zero attached hydrogens (tertiary/aromatic N) is 1. The van der Waals surface area contributed by atoms with Gasteiger partial charge in [0.05, 0.1) is 12.0 Å². The Morgan fingerprint density at radius 2 is 1.61 bits per heavy atom. The van der Waals surface area contributed by atoms with Crippen LogP contribution in [0.1, 0.15) is 52.9 Å². The first kappa shape index (κ1) is 23.5. The lowest BCUT2D eigenvalue weighted by Gasteiger charge is -2.40. The number of sulfone groups is 1. The second kappa shape index (κ2) is 8.07. The number of carbonyl (C=O) groups excluding carboxylic acids is 2. The van der Waals surface area contributed by atoms with Crippen LogP contribution < -0.4 is 0 Å². The summed E-state index contributed by atoms with van der Waals surface area (Å²) in [4.78, 5) is 26.7. The van der Waals surface area contributed by atoms with Crippen LogP contribution in [0.2, 0.25) is 0 Å². The van der Waals surface area contributed by atoms with Gasteiger partial charge in [0, 0.05) is 13.1 Å². The highest BCUT2D eigenvalue weighted by Crippen LogP contribution is 2.55. The number of esters is 1. The van der Waals surface area contributed by atoms with Crippen LogP contribution in [-0.2, 0) is 24.1 Å². The van der Waals surface area contributed by atoms with Gasteiger partial charge in [-0.3, -0.25) is 4.79 Å². The Morgan fingerprint density at radius 3 is 2.13 bits per heavy atom. The van der Waals surface area contributed by atoms with Gasteiger partial charge >= 0.3 is 12.1 Å². The topological polar surface area (TPSA) is 90.0 Å². The van der Waals surface area contributed by atoms with E-state index in [-0.39, 0.29) is 23.2 Å². The quantitative estimate of drug-likeness (QED) is 0.510. The van der Waals surface area contributed by atoms with Gasteiger partial charge in [0.15, 0.2) is 14.6 Å². The van der Waals surface area contributed by atoms with Gasteiger partial charge < -0.3 is 14.4 Å². The standard InChI is InChI=1S/C22H30FNO6S/c1-20(2,3)30-19(26)24-13-11-21(12-14-24)9-10-22(15-21,18(25)29-4)31(27,28)17-7-5-16(23)6-8-17/h5-8H,9-15H2,1-4H3. The first-order valence-electron chi connectivity index (χ1n) is 10.4. The zero-order chi connectivity index (χ0) is 23.1. The van der Waals surface area contributed by atoms with Crippen molar-refractivity contribution in [2.75, 3.05) is 20.2 Å². The number of benzene rings is 1. The van der Waals surface area contributed by atoms with Crippen molar-refractivity contribution in [1.29, 1.82) is 0 Å². The first-order chi connectivity index (χ1) is 14.3. The molecule has 7 nitrogen and oxygen atoms in total. The third-order valence-electron chi connectivity index (χ3n) is 6.39. The van der Waals surface area contributed by atoms with Crippen LogP contribution in [0.15, 0.2) is 29.2 Å². The SMILES string of the molecule is COC(=O)C1(S(=O)(=O)c2ccc(F)cc2)CCC2(CCN(C(=O)OC(C)(C)C)CC2)C1. The van der Waals surface area contributed by atoms with Crippen LogP contribution >= 0.6 is 0 Å². The Labute approximate surface area is 182 Å². The largest absolute Gasteiger partial charge is 0.468 e. The minimum Gasteiger partial charge on any atom is -0.468 e. The molecule has 2 fully saturated rings. The highest BCUT2D eigenvalue weighted by atomic mass is 32.2. The van der Waals surface area contributed by atoms with Crippen molar-refractivity contribution < 1.29 is 31.9 Å². The number of halogens is 1. The lowest BCUT2D eigenvalue weighted by molar-refractivity contribution is -0.144. The van der Waals surface area contributed by atoms with Gasteiger partial charge in [0.2, 0.25) is 0 Å².